The first-order valence-electron chi connectivity index (χ1n) is 7.39. The van der Waals surface area contributed by atoms with Gasteiger partial charge >= 0.3 is 5.97 Å². The zero-order valence-corrected chi connectivity index (χ0v) is 13.6. The van der Waals surface area contributed by atoms with Gasteiger partial charge in [-0.15, -0.1) is 0 Å². The lowest BCUT2D eigenvalue weighted by atomic mass is 9.98. The largest absolute Gasteiger partial charge is 0.481 e. The molecule has 1 aromatic rings. The molecule has 0 aromatic heterocycles. The number of carbonyl (C=O) groups is 1. The predicted molar refractivity (Wildman–Crippen MR) is 82.5 cm³/mol. The second-order valence-electron chi connectivity index (χ2n) is 5.70. The number of aryl methyl sites for hydroxylation is 1. The molecule has 1 saturated heterocycles. The maximum Gasteiger partial charge on any atom is 0.305 e. The summed E-state index contributed by atoms with van der Waals surface area (Å²) in [6, 6.07) is 5.86. The number of benzene rings is 1. The Labute approximate surface area is 135 Å². The summed E-state index contributed by atoms with van der Waals surface area (Å²) in [6.45, 7) is 1.49. The highest BCUT2D eigenvalue weighted by atomic mass is 32.2. The molecule has 0 radical (unpaired) electrons. The molecule has 128 valence electrons. The zero-order valence-electron chi connectivity index (χ0n) is 12.8. The quantitative estimate of drug-likeness (QED) is 0.699. The van der Waals surface area contributed by atoms with Gasteiger partial charge in [-0.1, -0.05) is 17.7 Å². The molecular weight excluding hydrogens is 322 g/mol. The van der Waals surface area contributed by atoms with E-state index in [0.717, 1.165) is 5.56 Å². The van der Waals surface area contributed by atoms with Crippen molar-refractivity contribution in [2.45, 2.75) is 49.3 Å². The van der Waals surface area contributed by atoms with Gasteiger partial charge in [0.2, 0.25) is 10.0 Å². The molecule has 2 rings (SSSR count). The molecule has 0 aliphatic carbocycles. The minimum absolute atomic E-state index is 0.146. The van der Waals surface area contributed by atoms with Crippen LogP contribution in [0.25, 0.3) is 0 Å². The second kappa shape index (κ2) is 7.39. The fourth-order valence-electron chi connectivity index (χ4n) is 2.60. The van der Waals surface area contributed by atoms with E-state index in [9.17, 15) is 18.3 Å². The third-order valence-electron chi connectivity index (χ3n) is 3.84. The average molecular weight is 343 g/mol. The number of aliphatic hydroxyl groups is 1. The van der Waals surface area contributed by atoms with Crippen LogP contribution in [0.3, 0.4) is 0 Å². The van der Waals surface area contributed by atoms with Gasteiger partial charge in [0, 0.05) is 0 Å². The number of carboxylic acid groups (broad SMARTS) is 1. The number of ether oxygens (including phenoxy) is 1. The first-order valence-corrected chi connectivity index (χ1v) is 8.87. The average Bonchev–Trinajstić information content (AvgIpc) is 2.48. The van der Waals surface area contributed by atoms with Crippen LogP contribution in [-0.2, 0) is 19.6 Å². The Balaban J connectivity index is 2.06. The lowest BCUT2D eigenvalue weighted by molar-refractivity contribution is -0.145. The van der Waals surface area contributed by atoms with E-state index in [4.69, 9.17) is 9.84 Å². The van der Waals surface area contributed by atoms with Crippen LogP contribution in [0.4, 0.5) is 0 Å². The molecule has 3 atom stereocenters. The van der Waals surface area contributed by atoms with Crippen molar-refractivity contribution in [3.8, 4) is 0 Å². The third kappa shape index (κ3) is 4.74. The number of nitrogens with one attached hydrogen (secondary N) is 1. The molecule has 0 bridgehead atoms. The molecule has 0 amide bonds. The SMILES string of the molecule is Cc1ccc(S(=O)(=O)N[C@H]2CC[C@@H](CC(=O)O)O[C@@H]2CO)cc1. The molecular formula is C15H21NO6S. The van der Waals surface area contributed by atoms with Crippen LogP contribution in [0.1, 0.15) is 24.8 Å². The summed E-state index contributed by atoms with van der Waals surface area (Å²) in [5.41, 5.74) is 0.953. The number of carboxylic acids is 1. The normalized spacial score (nSPS) is 25.2. The van der Waals surface area contributed by atoms with E-state index < -0.39 is 34.2 Å². The first kappa shape index (κ1) is 17.9. The Bertz CT molecular complexity index is 642. The molecule has 0 unspecified atom stereocenters. The summed E-state index contributed by atoms with van der Waals surface area (Å²) in [5.74, 6) is -0.981. The van der Waals surface area contributed by atoms with E-state index in [0.29, 0.717) is 12.8 Å². The highest BCUT2D eigenvalue weighted by Crippen LogP contribution is 2.23. The smallest absolute Gasteiger partial charge is 0.305 e. The van der Waals surface area contributed by atoms with Gasteiger partial charge in [-0.05, 0) is 31.9 Å². The second-order valence-corrected chi connectivity index (χ2v) is 7.41. The molecule has 1 aliphatic rings. The van der Waals surface area contributed by atoms with E-state index in [1.54, 1.807) is 12.1 Å². The van der Waals surface area contributed by atoms with Crippen molar-refractivity contribution in [1.29, 1.82) is 0 Å². The van der Waals surface area contributed by atoms with Gasteiger partial charge < -0.3 is 14.9 Å². The van der Waals surface area contributed by atoms with Crippen molar-refractivity contribution in [2.75, 3.05) is 6.61 Å². The van der Waals surface area contributed by atoms with Crippen molar-refractivity contribution in [2.24, 2.45) is 0 Å². The molecule has 8 heteroatoms. The first-order chi connectivity index (χ1) is 10.8. The summed E-state index contributed by atoms with van der Waals surface area (Å²) in [5, 5.41) is 18.2. The van der Waals surface area contributed by atoms with Crippen LogP contribution >= 0.6 is 0 Å². The molecule has 1 aliphatic heterocycles. The lowest BCUT2D eigenvalue weighted by Crippen LogP contribution is -2.51. The fourth-order valence-corrected chi connectivity index (χ4v) is 3.89. The summed E-state index contributed by atoms with van der Waals surface area (Å²) >= 11 is 0. The molecule has 1 heterocycles. The minimum Gasteiger partial charge on any atom is -0.481 e. The molecule has 1 fully saturated rings. The maximum absolute atomic E-state index is 12.4. The van der Waals surface area contributed by atoms with Crippen molar-refractivity contribution in [3.05, 3.63) is 29.8 Å². The molecule has 0 saturated carbocycles. The van der Waals surface area contributed by atoms with Crippen molar-refractivity contribution >= 4 is 16.0 Å². The van der Waals surface area contributed by atoms with E-state index in [1.165, 1.54) is 12.1 Å². The van der Waals surface area contributed by atoms with Crippen LogP contribution in [-0.4, -0.2) is 49.5 Å². The van der Waals surface area contributed by atoms with Crippen LogP contribution in [0, 0.1) is 6.92 Å². The zero-order chi connectivity index (χ0) is 17.0. The fraction of sp³-hybridized carbons (Fsp3) is 0.533. The number of aliphatic hydroxyl groups excluding tert-OH is 1. The number of sulfonamides is 1. The third-order valence-corrected chi connectivity index (χ3v) is 5.34. The summed E-state index contributed by atoms with van der Waals surface area (Å²) < 4.78 is 32.8. The predicted octanol–water partition coefficient (Wildman–Crippen LogP) is 0.657. The van der Waals surface area contributed by atoms with Gasteiger partial charge in [0.15, 0.2) is 0 Å². The highest BCUT2D eigenvalue weighted by molar-refractivity contribution is 7.89. The molecule has 23 heavy (non-hydrogen) atoms. The van der Waals surface area contributed by atoms with Crippen LogP contribution in [0.15, 0.2) is 29.2 Å². The van der Waals surface area contributed by atoms with Crippen LogP contribution in [0.2, 0.25) is 0 Å². The Kier molecular flexibility index (Phi) is 5.74. The Morgan fingerprint density at radius 1 is 1.30 bits per heavy atom. The Morgan fingerprint density at radius 2 is 1.96 bits per heavy atom. The number of rotatable bonds is 6. The van der Waals surface area contributed by atoms with E-state index in [2.05, 4.69) is 4.72 Å². The molecule has 7 nitrogen and oxygen atoms in total. The Morgan fingerprint density at radius 3 is 2.52 bits per heavy atom. The topological polar surface area (TPSA) is 113 Å². The van der Waals surface area contributed by atoms with Gasteiger partial charge in [0.05, 0.1) is 36.2 Å². The van der Waals surface area contributed by atoms with Gasteiger partial charge in [-0.3, -0.25) is 4.79 Å². The lowest BCUT2D eigenvalue weighted by Gasteiger charge is -2.35. The van der Waals surface area contributed by atoms with Crippen molar-refractivity contribution in [1.82, 2.24) is 4.72 Å². The standard InChI is InChI=1S/C15H21NO6S/c1-10-2-5-12(6-3-10)23(20,21)16-13-7-4-11(8-15(18)19)22-14(13)9-17/h2-3,5-6,11,13-14,16-17H,4,7-9H2,1H3,(H,18,19)/t11-,13-,14+/m0/s1. The van der Waals surface area contributed by atoms with E-state index >= 15 is 0 Å². The van der Waals surface area contributed by atoms with Gasteiger partial charge in [-0.2, -0.15) is 0 Å². The summed E-state index contributed by atoms with van der Waals surface area (Å²) in [6.07, 6.45) is -0.593. The van der Waals surface area contributed by atoms with Gasteiger partial charge in [0.1, 0.15) is 0 Å². The van der Waals surface area contributed by atoms with Gasteiger partial charge in [-0.25, -0.2) is 13.1 Å². The maximum atomic E-state index is 12.4. The number of hydrogen-bond acceptors (Lipinski definition) is 5. The Hall–Kier alpha value is -1.48. The van der Waals surface area contributed by atoms with Gasteiger partial charge in [0.25, 0.3) is 0 Å². The van der Waals surface area contributed by atoms with Crippen molar-refractivity contribution < 1.29 is 28.2 Å². The summed E-state index contributed by atoms with van der Waals surface area (Å²) in [4.78, 5) is 10.9. The number of hydrogen-bond donors (Lipinski definition) is 3. The molecule has 3 N–H and O–H groups in total. The molecule has 1 aromatic carbocycles. The summed E-state index contributed by atoms with van der Waals surface area (Å²) in [7, 11) is -3.72. The monoisotopic (exact) mass is 343 g/mol. The van der Waals surface area contributed by atoms with E-state index in [-0.39, 0.29) is 17.9 Å². The highest BCUT2D eigenvalue weighted by Gasteiger charge is 2.34. The minimum atomic E-state index is -3.72. The van der Waals surface area contributed by atoms with Crippen LogP contribution < -0.4 is 4.72 Å². The number of aliphatic carboxylic acids is 1. The molecule has 0 spiro atoms. The van der Waals surface area contributed by atoms with E-state index in [1.807, 2.05) is 6.92 Å². The van der Waals surface area contributed by atoms with Crippen LogP contribution in [0.5, 0.6) is 0 Å². The van der Waals surface area contributed by atoms with Crippen molar-refractivity contribution in [3.63, 3.8) is 0 Å².